The van der Waals surface area contributed by atoms with Crippen LogP contribution in [-0.2, 0) is 17.4 Å². The van der Waals surface area contributed by atoms with E-state index in [0.717, 1.165) is 43.4 Å². The number of benzene rings is 2. The summed E-state index contributed by atoms with van der Waals surface area (Å²) < 4.78 is 63.3. The van der Waals surface area contributed by atoms with Crippen molar-refractivity contribution >= 4 is 23.6 Å². The highest BCUT2D eigenvalue weighted by atomic mass is 19.3. The van der Waals surface area contributed by atoms with Crippen LogP contribution in [0.3, 0.4) is 0 Å². The molecule has 11 nitrogen and oxygen atoms in total. The minimum Gasteiger partial charge on any atom is -0.409 e. The summed E-state index contributed by atoms with van der Waals surface area (Å²) in [7, 11) is 0. The number of amides is 3. The summed E-state index contributed by atoms with van der Waals surface area (Å²) in [6.07, 6.45) is -5.55. The van der Waals surface area contributed by atoms with Crippen molar-refractivity contribution in [3.05, 3.63) is 59.2 Å². The number of ether oxygens (including phenoxy) is 2. The summed E-state index contributed by atoms with van der Waals surface area (Å²) in [4.78, 5) is 27.7. The zero-order valence-corrected chi connectivity index (χ0v) is 23.7. The first kappa shape index (κ1) is 32.6. The number of nitrogens with one attached hydrogen (secondary N) is 3. The molecule has 0 saturated heterocycles. The quantitative estimate of drug-likeness (QED) is 0.260. The molecule has 238 valence electrons. The predicted octanol–water partition coefficient (Wildman–Crippen LogP) is 6.74. The van der Waals surface area contributed by atoms with Crippen molar-refractivity contribution in [2.45, 2.75) is 78.9 Å². The molecular weight excluding hydrogens is 586 g/mol. The lowest BCUT2D eigenvalue weighted by atomic mass is 9.71. The molecule has 2 aromatic carbocycles. The maximum atomic E-state index is 14.3. The average Bonchev–Trinajstić information content (AvgIpc) is 3.44. The van der Waals surface area contributed by atoms with E-state index in [-0.39, 0.29) is 37.1 Å². The Morgan fingerprint density at radius 2 is 1.70 bits per heavy atom. The number of alkyl halides is 4. The van der Waals surface area contributed by atoms with Gasteiger partial charge in [0.2, 0.25) is 0 Å². The Balaban J connectivity index is 0.00000442. The number of aromatic nitrogens is 4. The van der Waals surface area contributed by atoms with Gasteiger partial charge in [-0.15, -0.1) is 13.9 Å². The third-order valence-corrected chi connectivity index (χ3v) is 7.78. The number of carbonyl (C=O) groups is 2. The zero-order valence-electron chi connectivity index (χ0n) is 23.7. The fourth-order valence-electron chi connectivity index (χ4n) is 5.44. The minimum absolute atomic E-state index is 0. The smallest absolute Gasteiger partial charge is 0.409 e. The number of anilines is 2. The molecule has 3 amide bonds. The van der Waals surface area contributed by atoms with Crippen molar-refractivity contribution in [2.24, 2.45) is 11.3 Å². The summed E-state index contributed by atoms with van der Waals surface area (Å²) in [5.41, 5.74) is 0.210. The van der Waals surface area contributed by atoms with E-state index in [1.807, 2.05) is 0 Å². The second-order valence-electron chi connectivity index (χ2n) is 11.7. The Bertz CT molecular complexity index is 1460. The summed E-state index contributed by atoms with van der Waals surface area (Å²) >= 11 is 0. The van der Waals surface area contributed by atoms with Crippen molar-refractivity contribution in [2.75, 3.05) is 10.6 Å². The number of aromatic amines is 1. The maximum Gasteiger partial charge on any atom is 0.540 e. The zero-order chi connectivity index (χ0) is 31.0. The van der Waals surface area contributed by atoms with Gasteiger partial charge in [-0.05, 0) is 78.1 Å². The SMILES string of the molecule is C.CC(C)(C)C1CCC(N(Cc2ccc(C(=O)Nc3nn[nH]n3)cc2)C(=O)Nc2ccc3c(c2)C(F)(F)OC(F)(F)O3)CC1. The normalized spacial score (nSPS) is 20.3. The number of H-pyrrole nitrogens is 1. The van der Waals surface area contributed by atoms with Crippen LogP contribution in [0.2, 0.25) is 0 Å². The highest BCUT2D eigenvalue weighted by molar-refractivity contribution is 6.03. The van der Waals surface area contributed by atoms with Gasteiger partial charge >= 0.3 is 18.4 Å². The summed E-state index contributed by atoms with van der Waals surface area (Å²) in [5.74, 6) is -0.695. The highest BCUT2D eigenvalue weighted by Crippen LogP contribution is 2.47. The minimum atomic E-state index is -4.49. The van der Waals surface area contributed by atoms with Crippen molar-refractivity contribution in [1.82, 2.24) is 25.5 Å². The molecule has 0 unspecified atom stereocenters. The van der Waals surface area contributed by atoms with E-state index in [2.05, 4.69) is 61.5 Å². The molecule has 0 atom stereocenters. The van der Waals surface area contributed by atoms with Crippen LogP contribution in [-0.4, -0.2) is 49.8 Å². The van der Waals surface area contributed by atoms with Crippen LogP contribution in [0.25, 0.3) is 0 Å². The fourth-order valence-corrected chi connectivity index (χ4v) is 5.44. The van der Waals surface area contributed by atoms with Crippen molar-refractivity contribution < 1.29 is 36.6 Å². The van der Waals surface area contributed by atoms with E-state index in [1.165, 1.54) is 6.07 Å². The van der Waals surface area contributed by atoms with Crippen LogP contribution in [0.4, 0.5) is 34.0 Å². The van der Waals surface area contributed by atoms with Crippen LogP contribution in [0.5, 0.6) is 5.75 Å². The second kappa shape index (κ2) is 12.4. The number of hydrogen-bond donors (Lipinski definition) is 3. The molecule has 1 saturated carbocycles. The molecule has 1 aliphatic heterocycles. The molecule has 2 heterocycles. The number of tetrazole rings is 1. The molecule has 0 spiro atoms. The average molecular weight is 622 g/mol. The monoisotopic (exact) mass is 621 g/mol. The number of urea groups is 1. The first-order chi connectivity index (χ1) is 20.2. The third kappa shape index (κ3) is 7.44. The Kier molecular flexibility index (Phi) is 9.18. The van der Waals surface area contributed by atoms with Gasteiger partial charge < -0.3 is 15.0 Å². The lowest BCUT2D eigenvalue weighted by Crippen LogP contribution is -2.45. The molecule has 3 aromatic rings. The Labute approximate surface area is 251 Å². The first-order valence-corrected chi connectivity index (χ1v) is 13.7. The van der Waals surface area contributed by atoms with E-state index in [0.29, 0.717) is 11.5 Å². The van der Waals surface area contributed by atoms with E-state index in [4.69, 9.17) is 0 Å². The number of halogens is 4. The van der Waals surface area contributed by atoms with Gasteiger partial charge in [-0.25, -0.2) is 9.53 Å². The molecule has 1 aliphatic carbocycles. The predicted molar refractivity (Wildman–Crippen MR) is 152 cm³/mol. The number of carbonyl (C=O) groups excluding carboxylic acids is 2. The molecule has 2 aliphatic rings. The van der Waals surface area contributed by atoms with Gasteiger partial charge in [-0.2, -0.15) is 14.0 Å². The Hall–Kier alpha value is -4.27. The highest BCUT2D eigenvalue weighted by Gasteiger charge is 2.54. The van der Waals surface area contributed by atoms with Gasteiger partial charge in [0.1, 0.15) is 5.75 Å². The summed E-state index contributed by atoms with van der Waals surface area (Å²) in [6, 6.07) is 8.91. The molecule has 15 heteroatoms. The Morgan fingerprint density at radius 1 is 1.02 bits per heavy atom. The van der Waals surface area contributed by atoms with Crippen molar-refractivity contribution in [1.29, 1.82) is 0 Å². The van der Waals surface area contributed by atoms with Gasteiger partial charge in [-0.1, -0.05) is 45.4 Å². The van der Waals surface area contributed by atoms with E-state index in [9.17, 15) is 27.2 Å². The largest absolute Gasteiger partial charge is 0.540 e. The van der Waals surface area contributed by atoms with E-state index < -0.39 is 35.7 Å². The number of hydrogen-bond acceptors (Lipinski definition) is 7. The van der Waals surface area contributed by atoms with E-state index >= 15 is 0 Å². The maximum absolute atomic E-state index is 14.3. The molecule has 44 heavy (non-hydrogen) atoms. The summed E-state index contributed by atoms with van der Waals surface area (Å²) in [5, 5.41) is 18.1. The number of rotatable bonds is 6. The molecule has 3 N–H and O–H groups in total. The van der Waals surface area contributed by atoms with Gasteiger partial charge in [0.15, 0.2) is 0 Å². The first-order valence-electron chi connectivity index (χ1n) is 13.7. The standard InChI is InChI=1S/C28H31F4N7O4.CH4/c1-26(2,3)18-8-11-20(12-9-18)39(15-16-4-6-17(7-5-16)23(40)34-24-35-37-38-36-24)25(41)33-19-10-13-22-21(14-19)27(29,30)43-28(31,32)42-22;/h4-7,10,13-14,18,20H,8-9,11-12,15H2,1-3H3,(H,33,41)(H2,34,35,36,37,38,40);1H4. The van der Waals surface area contributed by atoms with Gasteiger partial charge in [0.05, 0.1) is 5.56 Å². The molecule has 0 bridgehead atoms. The van der Waals surface area contributed by atoms with Gasteiger partial charge in [-0.3, -0.25) is 10.1 Å². The molecule has 0 radical (unpaired) electrons. The molecular formula is C29H35F4N7O4. The van der Waals surface area contributed by atoms with Crippen LogP contribution in [0, 0.1) is 11.3 Å². The molecule has 1 aromatic heterocycles. The Morgan fingerprint density at radius 3 is 2.32 bits per heavy atom. The number of fused-ring (bicyclic) bond motifs is 1. The van der Waals surface area contributed by atoms with Gasteiger partial charge in [0.25, 0.3) is 11.9 Å². The van der Waals surface area contributed by atoms with Crippen molar-refractivity contribution in [3.8, 4) is 5.75 Å². The summed E-state index contributed by atoms with van der Waals surface area (Å²) in [6.45, 7) is 6.74. The molecule has 5 rings (SSSR count). The van der Waals surface area contributed by atoms with Crippen LogP contribution >= 0.6 is 0 Å². The van der Waals surface area contributed by atoms with Crippen LogP contribution in [0.1, 0.15) is 75.4 Å². The van der Waals surface area contributed by atoms with Gasteiger partial charge in [0, 0.05) is 23.8 Å². The van der Waals surface area contributed by atoms with Crippen LogP contribution in [0.15, 0.2) is 42.5 Å². The van der Waals surface area contributed by atoms with E-state index in [1.54, 1.807) is 29.2 Å². The fraction of sp³-hybridized carbons (Fsp3) is 0.483. The lowest BCUT2D eigenvalue weighted by molar-refractivity contribution is -0.461. The lowest BCUT2D eigenvalue weighted by Gasteiger charge is -2.41. The third-order valence-electron chi connectivity index (χ3n) is 7.78. The van der Waals surface area contributed by atoms with Crippen LogP contribution < -0.4 is 15.4 Å². The van der Waals surface area contributed by atoms with Crippen molar-refractivity contribution in [3.63, 3.8) is 0 Å². The molecule has 1 fully saturated rings. The second-order valence-corrected chi connectivity index (χ2v) is 11.7. The number of nitrogens with zero attached hydrogens (tertiary/aromatic N) is 4. The topological polar surface area (TPSA) is 134 Å².